The molecule has 0 bridgehead atoms. The van der Waals surface area contributed by atoms with E-state index in [1.54, 1.807) is 6.07 Å². The van der Waals surface area contributed by atoms with Crippen molar-refractivity contribution < 1.29 is 4.39 Å². The van der Waals surface area contributed by atoms with E-state index in [2.05, 4.69) is 25.9 Å². The van der Waals surface area contributed by atoms with Crippen molar-refractivity contribution >= 4 is 26.8 Å². The molecule has 0 unspecified atom stereocenters. The Morgan fingerprint density at radius 2 is 2.17 bits per heavy atom. The Labute approximate surface area is 76.6 Å². The first-order valence-corrected chi connectivity index (χ1v) is 4.12. The van der Waals surface area contributed by atoms with Crippen LogP contribution in [-0.4, -0.2) is 9.97 Å². The number of hydrogen-bond donors (Lipinski definition) is 0. The van der Waals surface area contributed by atoms with Crippen LogP contribution in [0.5, 0.6) is 0 Å². The summed E-state index contributed by atoms with van der Waals surface area (Å²) in [4.78, 5) is 7.69. The Balaban J connectivity index is 2.95. The number of nitrogens with zero attached hydrogens (tertiary/aromatic N) is 2. The molecule has 0 radical (unpaired) electrons. The average Bonchev–Trinajstić information content (AvgIpc) is 2.12. The monoisotopic (exact) mass is 226 g/mol. The lowest BCUT2D eigenvalue weighted by Gasteiger charge is -1.98. The normalized spacial score (nSPS) is 10.5. The summed E-state index contributed by atoms with van der Waals surface area (Å²) in [7, 11) is 0. The van der Waals surface area contributed by atoms with Gasteiger partial charge in [0.1, 0.15) is 12.1 Å². The van der Waals surface area contributed by atoms with Gasteiger partial charge in [0.15, 0.2) is 0 Å². The zero-order valence-corrected chi connectivity index (χ0v) is 7.55. The molecular formula is C8H4BrFN2. The van der Waals surface area contributed by atoms with Gasteiger partial charge in [-0.05, 0) is 28.1 Å². The highest BCUT2D eigenvalue weighted by atomic mass is 79.9. The van der Waals surface area contributed by atoms with Gasteiger partial charge >= 0.3 is 0 Å². The van der Waals surface area contributed by atoms with Gasteiger partial charge < -0.3 is 0 Å². The molecule has 2 aromatic rings. The highest BCUT2D eigenvalue weighted by Gasteiger charge is 2.03. The van der Waals surface area contributed by atoms with Crippen LogP contribution in [0.1, 0.15) is 0 Å². The Kier molecular flexibility index (Phi) is 1.77. The predicted molar refractivity (Wildman–Crippen MR) is 47.2 cm³/mol. The van der Waals surface area contributed by atoms with Crippen molar-refractivity contribution in [2.24, 2.45) is 0 Å². The number of fused-ring (bicyclic) bond motifs is 1. The van der Waals surface area contributed by atoms with Gasteiger partial charge in [0.05, 0.1) is 10.9 Å². The summed E-state index contributed by atoms with van der Waals surface area (Å²) in [6.07, 6.45) is 2.86. The summed E-state index contributed by atoms with van der Waals surface area (Å²) in [5.74, 6) is -0.297. The minimum absolute atomic E-state index is 0.297. The third-order valence-corrected chi connectivity index (χ3v) is 2.21. The van der Waals surface area contributed by atoms with Crippen molar-refractivity contribution in [3.8, 4) is 0 Å². The fourth-order valence-electron chi connectivity index (χ4n) is 1.01. The van der Waals surface area contributed by atoms with Crippen LogP contribution in [0.3, 0.4) is 0 Å². The molecular weight excluding hydrogens is 223 g/mol. The van der Waals surface area contributed by atoms with E-state index in [1.165, 1.54) is 18.6 Å². The van der Waals surface area contributed by atoms with Gasteiger partial charge in [-0.25, -0.2) is 14.4 Å². The molecule has 12 heavy (non-hydrogen) atoms. The molecule has 0 saturated carbocycles. The molecule has 0 aliphatic carbocycles. The lowest BCUT2D eigenvalue weighted by Crippen LogP contribution is -1.85. The SMILES string of the molecule is Fc1ccc(Br)c2ncncc12. The smallest absolute Gasteiger partial charge is 0.134 e. The maximum atomic E-state index is 13.1. The fourth-order valence-corrected chi connectivity index (χ4v) is 1.46. The highest BCUT2D eigenvalue weighted by Crippen LogP contribution is 2.22. The molecule has 0 N–H and O–H groups in total. The molecule has 1 aromatic carbocycles. The minimum atomic E-state index is -0.297. The number of hydrogen-bond acceptors (Lipinski definition) is 2. The third kappa shape index (κ3) is 1.08. The largest absolute Gasteiger partial charge is 0.244 e. The first-order valence-electron chi connectivity index (χ1n) is 3.33. The van der Waals surface area contributed by atoms with Gasteiger partial charge in [-0.1, -0.05) is 0 Å². The Morgan fingerprint density at radius 3 is 2.92 bits per heavy atom. The van der Waals surface area contributed by atoms with E-state index in [4.69, 9.17) is 0 Å². The lowest BCUT2D eigenvalue weighted by atomic mass is 10.2. The molecule has 4 heteroatoms. The van der Waals surface area contributed by atoms with E-state index in [0.717, 1.165) is 4.47 Å². The summed E-state index contributed by atoms with van der Waals surface area (Å²) in [5, 5.41) is 0.437. The molecule has 0 spiro atoms. The topological polar surface area (TPSA) is 25.8 Å². The molecule has 0 aliphatic rings. The van der Waals surface area contributed by atoms with Crippen molar-refractivity contribution in [1.29, 1.82) is 0 Å². The second kappa shape index (κ2) is 2.79. The van der Waals surface area contributed by atoms with Gasteiger partial charge in [0.25, 0.3) is 0 Å². The van der Waals surface area contributed by atoms with Crippen molar-refractivity contribution in [1.82, 2.24) is 9.97 Å². The number of rotatable bonds is 0. The van der Waals surface area contributed by atoms with E-state index in [0.29, 0.717) is 10.9 Å². The van der Waals surface area contributed by atoms with E-state index in [-0.39, 0.29) is 5.82 Å². The summed E-state index contributed by atoms with van der Waals surface area (Å²) >= 11 is 3.27. The standard InChI is InChI=1S/C8H4BrFN2/c9-6-1-2-7(10)5-3-11-4-12-8(5)6/h1-4H. The lowest BCUT2D eigenvalue weighted by molar-refractivity contribution is 0.639. The van der Waals surface area contributed by atoms with Crippen LogP contribution >= 0.6 is 15.9 Å². The molecule has 2 nitrogen and oxygen atoms in total. The van der Waals surface area contributed by atoms with E-state index < -0.39 is 0 Å². The van der Waals surface area contributed by atoms with Crippen molar-refractivity contribution in [2.75, 3.05) is 0 Å². The van der Waals surface area contributed by atoms with Crippen LogP contribution in [0.2, 0.25) is 0 Å². The molecule has 60 valence electrons. The van der Waals surface area contributed by atoms with Crippen molar-refractivity contribution in [2.45, 2.75) is 0 Å². The van der Waals surface area contributed by atoms with E-state index in [9.17, 15) is 4.39 Å². The van der Waals surface area contributed by atoms with Crippen LogP contribution in [-0.2, 0) is 0 Å². The summed E-state index contributed by atoms with van der Waals surface area (Å²) in [6, 6.07) is 3.01. The molecule has 1 aromatic heterocycles. The van der Waals surface area contributed by atoms with Gasteiger partial charge in [-0.15, -0.1) is 0 Å². The minimum Gasteiger partial charge on any atom is -0.244 e. The highest BCUT2D eigenvalue weighted by molar-refractivity contribution is 9.10. The van der Waals surface area contributed by atoms with E-state index in [1.807, 2.05) is 0 Å². The molecule has 1 heterocycles. The Bertz CT molecular complexity index is 390. The molecule has 0 atom stereocenters. The Hall–Kier alpha value is -1.03. The van der Waals surface area contributed by atoms with Gasteiger partial charge in [0.2, 0.25) is 0 Å². The molecule has 0 saturated heterocycles. The number of aromatic nitrogens is 2. The Morgan fingerprint density at radius 1 is 1.33 bits per heavy atom. The van der Waals surface area contributed by atoms with Crippen LogP contribution in [0.25, 0.3) is 10.9 Å². The van der Waals surface area contributed by atoms with Gasteiger partial charge in [-0.2, -0.15) is 0 Å². The van der Waals surface area contributed by atoms with E-state index >= 15 is 0 Å². The maximum absolute atomic E-state index is 13.1. The third-order valence-electron chi connectivity index (χ3n) is 1.57. The zero-order chi connectivity index (χ0) is 8.55. The maximum Gasteiger partial charge on any atom is 0.134 e. The van der Waals surface area contributed by atoms with Crippen LogP contribution in [0.15, 0.2) is 29.1 Å². The summed E-state index contributed by atoms with van der Waals surface area (Å²) < 4.78 is 13.8. The first kappa shape index (κ1) is 7.61. The zero-order valence-electron chi connectivity index (χ0n) is 5.96. The molecule has 0 aliphatic heterocycles. The quantitative estimate of drug-likeness (QED) is 0.691. The number of benzene rings is 1. The summed E-state index contributed by atoms with van der Waals surface area (Å²) in [6.45, 7) is 0. The van der Waals surface area contributed by atoms with Crippen molar-refractivity contribution in [3.63, 3.8) is 0 Å². The van der Waals surface area contributed by atoms with Crippen LogP contribution < -0.4 is 0 Å². The predicted octanol–water partition coefficient (Wildman–Crippen LogP) is 2.53. The number of halogens is 2. The van der Waals surface area contributed by atoms with Crippen LogP contribution in [0, 0.1) is 5.82 Å². The van der Waals surface area contributed by atoms with Gasteiger partial charge in [0, 0.05) is 10.7 Å². The molecule has 0 amide bonds. The van der Waals surface area contributed by atoms with Crippen molar-refractivity contribution in [3.05, 3.63) is 34.9 Å². The average molecular weight is 227 g/mol. The summed E-state index contributed by atoms with van der Waals surface area (Å²) in [5.41, 5.74) is 0.602. The first-order chi connectivity index (χ1) is 5.79. The molecule has 0 fully saturated rings. The second-order valence-electron chi connectivity index (χ2n) is 2.31. The molecule has 2 rings (SSSR count). The second-order valence-corrected chi connectivity index (χ2v) is 3.17. The fraction of sp³-hybridized carbons (Fsp3) is 0. The van der Waals surface area contributed by atoms with Gasteiger partial charge in [-0.3, -0.25) is 0 Å². The van der Waals surface area contributed by atoms with Crippen LogP contribution in [0.4, 0.5) is 4.39 Å².